The fourth-order valence-corrected chi connectivity index (χ4v) is 2.64. The molecule has 0 fully saturated rings. The quantitative estimate of drug-likeness (QED) is 0.388. The summed E-state index contributed by atoms with van der Waals surface area (Å²) >= 11 is 0. The molecule has 10 heteroatoms. The van der Waals surface area contributed by atoms with Crippen molar-refractivity contribution in [2.75, 3.05) is 5.75 Å². The Morgan fingerprint density at radius 3 is 2.24 bits per heavy atom. The number of amides is 1. The Labute approximate surface area is 145 Å². The SMILES string of the molecule is C=CC(=O)NC1(C)C(C(=O)O)=CC=CC1C(=O)O.CCCS(=O)(=O)O. The van der Waals surface area contributed by atoms with Crippen molar-refractivity contribution in [3.05, 3.63) is 36.5 Å². The number of rotatable bonds is 6. The van der Waals surface area contributed by atoms with Crippen LogP contribution in [0.3, 0.4) is 0 Å². The van der Waals surface area contributed by atoms with Gasteiger partial charge in [-0.05, 0) is 25.5 Å². The second kappa shape index (κ2) is 9.14. The average Bonchev–Trinajstić information content (AvgIpc) is 2.45. The van der Waals surface area contributed by atoms with Gasteiger partial charge in [0.1, 0.15) is 5.92 Å². The van der Waals surface area contributed by atoms with Crippen LogP contribution >= 0.6 is 0 Å². The number of carboxylic acids is 2. The van der Waals surface area contributed by atoms with Gasteiger partial charge in [-0.3, -0.25) is 14.1 Å². The maximum atomic E-state index is 11.4. The van der Waals surface area contributed by atoms with Crippen molar-refractivity contribution in [1.29, 1.82) is 0 Å². The maximum Gasteiger partial charge on any atom is 0.333 e. The van der Waals surface area contributed by atoms with Crippen molar-refractivity contribution >= 4 is 28.0 Å². The molecule has 1 rings (SSSR count). The number of hydrogen-bond donors (Lipinski definition) is 4. The second-order valence-corrected chi connectivity index (χ2v) is 6.84. The van der Waals surface area contributed by atoms with Crippen LogP contribution in [-0.2, 0) is 24.5 Å². The highest BCUT2D eigenvalue weighted by Crippen LogP contribution is 2.31. The van der Waals surface area contributed by atoms with Crippen molar-refractivity contribution in [3.8, 4) is 0 Å². The van der Waals surface area contributed by atoms with Crippen LogP contribution in [0.25, 0.3) is 0 Å². The van der Waals surface area contributed by atoms with E-state index in [1.165, 1.54) is 25.2 Å². The van der Waals surface area contributed by atoms with E-state index >= 15 is 0 Å². The summed E-state index contributed by atoms with van der Waals surface area (Å²) in [6, 6.07) is 0. The zero-order chi connectivity index (χ0) is 19.8. The summed E-state index contributed by atoms with van der Waals surface area (Å²) in [4.78, 5) is 33.7. The molecule has 140 valence electrons. The normalized spacial score (nSPS) is 22.0. The minimum atomic E-state index is -3.67. The van der Waals surface area contributed by atoms with Gasteiger partial charge in [0.15, 0.2) is 0 Å². The van der Waals surface area contributed by atoms with Gasteiger partial charge in [-0.2, -0.15) is 8.42 Å². The van der Waals surface area contributed by atoms with Gasteiger partial charge in [0.2, 0.25) is 5.91 Å². The van der Waals surface area contributed by atoms with E-state index in [9.17, 15) is 22.8 Å². The highest BCUT2D eigenvalue weighted by molar-refractivity contribution is 7.85. The van der Waals surface area contributed by atoms with Crippen LogP contribution in [0.1, 0.15) is 20.3 Å². The van der Waals surface area contributed by atoms with E-state index in [1.54, 1.807) is 6.92 Å². The van der Waals surface area contributed by atoms with Crippen LogP contribution in [0, 0.1) is 5.92 Å². The predicted molar refractivity (Wildman–Crippen MR) is 89.4 cm³/mol. The van der Waals surface area contributed by atoms with Gasteiger partial charge in [0.25, 0.3) is 10.1 Å². The van der Waals surface area contributed by atoms with E-state index in [2.05, 4.69) is 11.9 Å². The molecule has 1 aliphatic rings. The first-order valence-electron chi connectivity index (χ1n) is 7.13. The summed E-state index contributed by atoms with van der Waals surface area (Å²) in [5.41, 5.74) is -1.70. The summed E-state index contributed by atoms with van der Waals surface area (Å²) in [6.45, 7) is 6.30. The lowest BCUT2D eigenvalue weighted by Crippen LogP contribution is -2.56. The van der Waals surface area contributed by atoms with Crippen LogP contribution in [0.4, 0.5) is 0 Å². The van der Waals surface area contributed by atoms with Crippen LogP contribution in [0.15, 0.2) is 36.5 Å². The Hall–Kier alpha value is -2.46. The fourth-order valence-electron chi connectivity index (χ4n) is 2.13. The number of carbonyl (C=O) groups is 3. The first-order valence-corrected chi connectivity index (χ1v) is 8.74. The molecule has 9 nitrogen and oxygen atoms in total. The Bertz CT molecular complexity index is 707. The summed E-state index contributed by atoms with van der Waals surface area (Å²) in [5, 5.41) is 20.6. The molecule has 0 aromatic carbocycles. The molecule has 0 heterocycles. The summed E-state index contributed by atoms with van der Waals surface area (Å²) in [5.74, 6) is -4.42. The zero-order valence-corrected chi connectivity index (χ0v) is 14.6. The molecule has 0 saturated heterocycles. The van der Waals surface area contributed by atoms with Gasteiger partial charge in [-0.15, -0.1) is 0 Å². The number of carboxylic acid groups (broad SMARTS) is 2. The van der Waals surface area contributed by atoms with Crippen LogP contribution < -0.4 is 5.32 Å². The minimum absolute atomic E-state index is 0.132. The van der Waals surface area contributed by atoms with Crippen LogP contribution in [-0.4, -0.2) is 52.3 Å². The predicted octanol–water partition coefficient (Wildman–Crippen LogP) is 0.613. The monoisotopic (exact) mass is 375 g/mol. The lowest BCUT2D eigenvalue weighted by atomic mass is 9.75. The molecule has 4 N–H and O–H groups in total. The molecule has 0 aromatic rings. The minimum Gasteiger partial charge on any atom is -0.481 e. The van der Waals surface area contributed by atoms with Crippen LogP contribution in [0.2, 0.25) is 0 Å². The highest BCUT2D eigenvalue weighted by atomic mass is 32.2. The van der Waals surface area contributed by atoms with E-state index < -0.39 is 39.4 Å². The van der Waals surface area contributed by atoms with Crippen molar-refractivity contribution in [2.45, 2.75) is 25.8 Å². The van der Waals surface area contributed by atoms with Crippen molar-refractivity contribution in [3.63, 3.8) is 0 Å². The summed E-state index contributed by atoms with van der Waals surface area (Å²) < 4.78 is 27.6. The van der Waals surface area contributed by atoms with Crippen molar-refractivity contribution in [2.24, 2.45) is 5.92 Å². The molecular formula is C15H21NO8S. The third kappa shape index (κ3) is 6.89. The largest absolute Gasteiger partial charge is 0.481 e. The molecule has 1 aliphatic carbocycles. The van der Waals surface area contributed by atoms with Gasteiger partial charge in [-0.1, -0.05) is 25.7 Å². The van der Waals surface area contributed by atoms with E-state index in [4.69, 9.17) is 14.8 Å². The molecule has 0 bridgehead atoms. The molecule has 0 aliphatic heterocycles. The second-order valence-electron chi connectivity index (χ2n) is 5.27. The van der Waals surface area contributed by atoms with E-state index in [-0.39, 0.29) is 11.3 Å². The smallest absolute Gasteiger partial charge is 0.333 e. The van der Waals surface area contributed by atoms with Gasteiger partial charge in [0.05, 0.1) is 16.9 Å². The van der Waals surface area contributed by atoms with Gasteiger partial charge < -0.3 is 15.5 Å². The Kier molecular flexibility index (Phi) is 8.24. The molecule has 0 aromatic heterocycles. The number of nitrogens with one attached hydrogen (secondary N) is 1. The Morgan fingerprint density at radius 1 is 1.36 bits per heavy atom. The van der Waals surface area contributed by atoms with E-state index in [1.807, 2.05) is 0 Å². The van der Waals surface area contributed by atoms with Gasteiger partial charge in [-0.25, -0.2) is 4.79 Å². The Morgan fingerprint density at radius 2 is 1.92 bits per heavy atom. The summed E-state index contributed by atoms with van der Waals surface area (Å²) in [6.07, 6.45) is 5.38. The molecular weight excluding hydrogens is 354 g/mol. The van der Waals surface area contributed by atoms with Crippen molar-refractivity contribution < 1.29 is 37.6 Å². The first kappa shape index (κ1) is 22.5. The number of aliphatic carboxylic acids is 2. The molecule has 25 heavy (non-hydrogen) atoms. The van der Waals surface area contributed by atoms with Gasteiger partial charge >= 0.3 is 11.9 Å². The molecule has 0 saturated carbocycles. The maximum absolute atomic E-state index is 11.4. The average molecular weight is 375 g/mol. The highest BCUT2D eigenvalue weighted by Gasteiger charge is 2.45. The van der Waals surface area contributed by atoms with Crippen LogP contribution in [0.5, 0.6) is 0 Å². The first-order chi connectivity index (χ1) is 11.4. The van der Waals surface area contributed by atoms with Crippen molar-refractivity contribution in [1.82, 2.24) is 5.32 Å². The number of carbonyl (C=O) groups excluding carboxylic acids is 1. The number of allylic oxidation sites excluding steroid dienone is 2. The third-order valence-corrected chi connectivity index (χ3v) is 4.20. The lowest BCUT2D eigenvalue weighted by Gasteiger charge is -2.36. The number of hydrogen-bond acceptors (Lipinski definition) is 5. The molecule has 2 unspecified atom stereocenters. The standard InChI is InChI=1S/C12H13NO5.C3H8O3S/c1-3-9(14)13-12(2)7(10(15)16)5-4-6-8(12)11(17)18;1-2-3-7(4,5)6/h3-7H,1H2,2H3,(H,13,14)(H,15,16)(H,17,18);2-3H2,1H3,(H,4,5,6). The molecule has 0 radical (unpaired) electrons. The van der Waals surface area contributed by atoms with E-state index in [0.29, 0.717) is 6.42 Å². The molecule has 1 amide bonds. The fraction of sp³-hybridized carbons (Fsp3) is 0.400. The molecule has 0 spiro atoms. The summed E-state index contributed by atoms with van der Waals surface area (Å²) in [7, 11) is -3.67. The third-order valence-electron chi connectivity index (χ3n) is 3.27. The molecule has 2 atom stereocenters. The zero-order valence-electron chi connectivity index (χ0n) is 13.8. The van der Waals surface area contributed by atoms with E-state index in [0.717, 1.165) is 6.08 Å². The lowest BCUT2D eigenvalue weighted by molar-refractivity contribution is -0.142. The van der Waals surface area contributed by atoms with Gasteiger partial charge in [0, 0.05) is 0 Å². The topological polar surface area (TPSA) is 158 Å². The Balaban J connectivity index is 0.000000697.